The lowest BCUT2D eigenvalue weighted by molar-refractivity contribution is -0.144. The van der Waals surface area contributed by atoms with Gasteiger partial charge in [-0.2, -0.15) is 0 Å². The zero-order valence-electron chi connectivity index (χ0n) is 56.6. The van der Waals surface area contributed by atoms with Crippen molar-refractivity contribution in [3.05, 3.63) is 212 Å². The predicted octanol–water partition coefficient (Wildman–Crippen LogP) is 10.2. The molecule has 2 heterocycles. The summed E-state index contributed by atoms with van der Waals surface area (Å²) in [6.07, 6.45) is 6.45. The monoisotopic (exact) mass is 1370 g/mol. The molecule has 100 heavy (non-hydrogen) atoms. The van der Waals surface area contributed by atoms with E-state index in [9.17, 15) is 56.7 Å². The summed E-state index contributed by atoms with van der Waals surface area (Å²) in [7, 11) is 2.44. The van der Waals surface area contributed by atoms with Crippen molar-refractivity contribution in [1.82, 2.24) is 41.7 Å². The molecule has 0 bridgehead atoms. The molecule has 24 heteroatoms. The van der Waals surface area contributed by atoms with Gasteiger partial charge in [0.25, 0.3) is 23.6 Å². The topological polar surface area (TPSA) is 286 Å². The number of ether oxygens (including phenoxy) is 4. The van der Waals surface area contributed by atoms with Crippen LogP contribution < -0.4 is 31.9 Å². The van der Waals surface area contributed by atoms with Crippen molar-refractivity contribution in [2.24, 2.45) is 0 Å². The van der Waals surface area contributed by atoms with Crippen LogP contribution in [0.15, 0.2) is 133 Å². The molecule has 6 aromatic carbocycles. The normalized spacial score (nSPS) is 12.6. The highest BCUT2D eigenvalue weighted by molar-refractivity contribution is 6.08. The van der Waals surface area contributed by atoms with Crippen LogP contribution in [0.25, 0.3) is 0 Å². The van der Waals surface area contributed by atoms with Gasteiger partial charge in [0, 0.05) is 65.2 Å². The first-order chi connectivity index (χ1) is 48.4. The van der Waals surface area contributed by atoms with Gasteiger partial charge in [-0.3, -0.25) is 28.8 Å². The largest absolute Gasteiger partial charge is 0.467 e. The Hall–Kier alpha value is -10.5. The zero-order valence-corrected chi connectivity index (χ0v) is 56.6. The molecule has 2 aliphatic rings. The number of methoxy groups -OCH3 is 2. The molecule has 0 unspecified atom stereocenters. The number of benzene rings is 6. The van der Waals surface area contributed by atoms with E-state index in [4.69, 9.17) is 18.9 Å². The lowest BCUT2D eigenvalue weighted by Crippen LogP contribution is -2.41. The Kier molecular flexibility index (Phi) is 29.5. The molecule has 8 amide bonds. The molecule has 0 saturated carbocycles. The molecule has 0 aromatic heterocycles. The maximum Gasteiger partial charge on any atom is 0.408 e. The van der Waals surface area contributed by atoms with Crippen LogP contribution in [0, 0.1) is 11.6 Å². The molecule has 0 spiro atoms. The number of amides is 8. The smallest absolute Gasteiger partial charge is 0.408 e. The minimum atomic E-state index is -0.987. The quantitative estimate of drug-likeness (QED) is 0.0120. The molecule has 0 radical (unpaired) electrons. The first kappa shape index (κ1) is 75.3. The highest BCUT2D eigenvalue weighted by Gasteiger charge is 2.31. The summed E-state index contributed by atoms with van der Waals surface area (Å²) in [6.45, 7) is 1.82. The number of halogens is 2. The average Bonchev–Trinajstić information content (AvgIpc) is 1.62. The number of nitrogens with one attached hydrogen (secondary N) is 6. The van der Waals surface area contributed by atoms with Gasteiger partial charge < -0.3 is 60.6 Å². The maximum absolute atomic E-state index is 13.9. The molecule has 22 nitrogen and oxygen atoms in total. The molecule has 2 atom stereocenters. The number of nitrogens with zero attached hydrogens (tertiary/aromatic N) is 2. The van der Waals surface area contributed by atoms with Gasteiger partial charge in [0.1, 0.15) is 36.9 Å². The first-order valence-electron chi connectivity index (χ1n) is 34.0. The molecule has 2 aliphatic heterocycles. The van der Waals surface area contributed by atoms with Crippen LogP contribution >= 0.6 is 0 Å². The summed E-state index contributed by atoms with van der Waals surface area (Å²) in [6, 6.07) is 34.7. The van der Waals surface area contributed by atoms with Crippen molar-refractivity contribution in [3.8, 4) is 0 Å². The van der Waals surface area contributed by atoms with E-state index in [1.54, 1.807) is 82.6 Å². The highest BCUT2D eigenvalue weighted by atomic mass is 19.1. The van der Waals surface area contributed by atoms with Crippen LogP contribution in [0.1, 0.15) is 176 Å². The van der Waals surface area contributed by atoms with Gasteiger partial charge in [-0.25, -0.2) is 28.0 Å². The third kappa shape index (κ3) is 23.6. The Balaban J connectivity index is 0.774. The number of carbonyl (C=O) groups excluding carboxylic acids is 10. The van der Waals surface area contributed by atoms with E-state index in [0.29, 0.717) is 64.2 Å². The minimum absolute atomic E-state index is 0.0136. The summed E-state index contributed by atoms with van der Waals surface area (Å²) in [5.41, 5.74) is 6.66. The van der Waals surface area contributed by atoms with Gasteiger partial charge in [-0.05, 0) is 157 Å². The van der Waals surface area contributed by atoms with Crippen molar-refractivity contribution in [2.75, 3.05) is 40.4 Å². The summed E-state index contributed by atoms with van der Waals surface area (Å²) in [5, 5.41) is 16.7. The van der Waals surface area contributed by atoms with Gasteiger partial charge in [-0.15, -0.1) is 0 Å². The van der Waals surface area contributed by atoms with Crippen LogP contribution in [0.5, 0.6) is 0 Å². The van der Waals surface area contributed by atoms with Crippen LogP contribution in [-0.4, -0.2) is 122 Å². The molecule has 0 aliphatic carbocycles. The van der Waals surface area contributed by atoms with E-state index < -0.39 is 59.8 Å². The van der Waals surface area contributed by atoms with Crippen molar-refractivity contribution in [3.63, 3.8) is 0 Å². The van der Waals surface area contributed by atoms with E-state index in [1.807, 2.05) is 36.4 Å². The standard InChI is InChI=1S/C76H88F2N8O14/c1-97-73(93)65(83-75(95)99-49-53-19-9-7-10-20-53)23-15-17-37-79-69(89)61-41-55-45-85(47-57(55)43-63(61)71(91)81-39-35-51-27-31-59(77)32-28-51)67(87)25-13-5-3-4-6-14-26-68(88)86-46-56-42-62(64(44-58(56)48-86)72(92)82-40-36-52-29-33-60(78)34-30-52)70(90)80-38-18-16-24-66(74(94)98-2)84-76(96)100-50-54-21-11-8-12-22-54/h7-12,19-22,27-34,41-44,65-66H,3-6,13-18,23-26,35-40,45-50H2,1-2H3,(H,79,89)(H,80,90)(H,81,91)(H,82,92)(H,83,95)(H,84,96)/t65-,66-/m0/s1. The molecule has 0 saturated heterocycles. The van der Waals surface area contributed by atoms with Gasteiger partial charge in [0.15, 0.2) is 0 Å². The second kappa shape index (κ2) is 39.2. The Morgan fingerprint density at radius 1 is 0.390 bits per heavy atom. The fraction of sp³-hybridized carbons (Fsp3) is 0.395. The number of fused-ring (bicyclic) bond motifs is 2. The predicted molar refractivity (Wildman–Crippen MR) is 367 cm³/mol. The SMILES string of the molecule is COC(=O)[C@H](CCCCNC(=O)c1cc2c(cc1C(=O)NCCc1ccc(F)cc1)CN(C(=O)CCCCCCCCC(=O)N1Cc3cc(C(=O)NCCCC[C@H](NC(=O)OCc4ccccc4)C(=O)OC)c(C(=O)NCCc4ccc(F)cc4)cc3C1)C2)NC(=O)OCc1ccccc1. The second-order valence-electron chi connectivity index (χ2n) is 24.8. The summed E-state index contributed by atoms with van der Waals surface area (Å²) >= 11 is 0. The van der Waals surface area contributed by atoms with E-state index in [-0.39, 0.29) is 124 Å². The highest BCUT2D eigenvalue weighted by Crippen LogP contribution is 2.30. The fourth-order valence-electron chi connectivity index (χ4n) is 11.9. The van der Waals surface area contributed by atoms with E-state index in [2.05, 4.69) is 31.9 Å². The van der Waals surface area contributed by atoms with Gasteiger partial charge in [0.05, 0.1) is 36.5 Å². The second-order valence-corrected chi connectivity index (χ2v) is 24.8. The van der Waals surface area contributed by atoms with E-state index in [0.717, 1.165) is 70.2 Å². The van der Waals surface area contributed by atoms with Crippen molar-refractivity contribution in [1.29, 1.82) is 0 Å². The van der Waals surface area contributed by atoms with Crippen molar-refractivity contribution in [2.45, 2.75) is 154 Å². The van der Waals surface area contributed by atoms with Crippen LogP contribution in [0.4, 0.5) is 18.4 Å². The summed E-state index contributed by atoms with van der Waals surface area (Å²) in [5.74, 6) is -4.17. The minimum Gasteiger partial charge on any atom is -0.467 e. The zero-order chi connectivity index (χ0) is 71.2. The lowest BCUT2D eigenvalue weighted by Gasteiger charge is -2.17. The number of hydrogen-bond donors (Lipinski definition) is 6. The third-order valence-corrected chi connectivity index (χ3v) is 17.5. The average molecular weight is 1380 g/mol. The maximum atomic E-state index is 13.9. The molecular formula is C76H88F2N8O14. The van der Waals surface area contributed by atoms with Crippen LogP contribution in [-0.2, 0) is 90.4 Å². The number of hydrogen-bond acceptors (Lipinski definition) is 14. The lowest BCUT2D eigenvalue weighted by atomic mass is 9.98. The number of rotatable bonds is 37. The number of carbonyl (C=O) groups is 10. The van der Waals surface area contributed by atoms with E-state index in [1.165, 1.54) is 38.5 Å². The Morgan fingerprint density at radius 3 is 1.04 bits per heavy atom. The Labute approximate surface area is 581 Å². The molecular weight excluding hydrogens is 1290 g/mol. The van der Waals surface area contributed by atoms with Crippen molar-refractivity contribution < 1.29 is 75.7 Å². The molecule has 0 fully saturated rings. The Bertz CT molecular complexity index is 3540. The van der Waals surface area contributed by atoms with Crippen LogP contribution in [0.3, 0.4) is 0 Å². The van der Waals surface area contributed by atoms with Gasteiger partial charge in [0.2, 0.25) is 11.8 Å². The van der Waals surface area contributed by atoms with Gasteiger partial charge in [-0.1, -0.05) is 111 Å². The Morgan fingerprint density at radius 2 is 0.710 bits per heavy atom. The van der Waals surface area contributed by atoms with Crippen molar-refractivity contribution >= 4 is 59.6 Å². The number of esters is 2. The number of unbranched alkanes of at least 4 members (excludes halogenated alkanes) is 7. The first-order valence-corrected chi connectivity index (χ1v) is 34.0. The fourth-order valence-corrected chi connectivity index (χ4v) is 11.9. The molecule has 6 N–H and O–H groups in total. The number of alkyl carbamates (subject to hydrolysis) is 2. The molecule has 6 aromatic rings. The summed E-state index contributed by atoms with van der Waals surface area (Å²) in [4.78, 5) is 137. The third-order valence-electron chi connectivity index (χ3n) is 17.5. The molecule has 8 rings (SSSR count). The van der Waals surface area contributed by atoms with Crippen LogP contribution in [0.2, 0.25) is 0 Å². The molecule has 530 valence electrons. The summed E-state index contributed by atoms with van der Waals surface area (Å²) < 4.78 is 47.5. The van der Waals surface area contributed by atoms with Gasteiger partial charge >= 0.3 is 24.1 Å². The van der Waals surface area contributed by atoms with E-state index >= 15 is 0 Å².